The summed E-state index contributed by atoms with van der Waals surface area (Å²) in [6.07, 6.45) is -3.19. The Morgan fingerprint density at radius 2 is 1.64 bits per heavy atom. The average molecular weight is 530 g/mol. The summed E-state index contributed by atoms with van der Waals surface area (Å²) in [6.45, 7) is 5.86. The number of halogens is 6. The quantitative estimate of drug-likeness (QED) is 0.405. The summed E-state index contributed by atoms with van der Waals surface area (Å²) in [5.74, 6) is -3.97. The average Bonchev–Trinajstić information content (AvgIpc) is 3.49. The van der Waals surface area contributed by atoms with Crippen molar-refractivity contribution in [3.05, 3.63) is 30.1 Å². The van der Waals surface area contributed by atoms with Gasteiger partial charge in [-0.15, -0.1) is 0 Å². The molecule has 0 amide bonds. The summed E-state index contributed by atoms with van der Waals surface area (Å²) >= 11 is 0. The number of hydrogen-bond donors (Lipinski definition) is 2. The van der Waals surface area contributed by atoms with Crippen molar-refractivity contribution in [2.75, 3.05) is 32.9 Å². The minimum absolute atomic E-state index is 0.109. The van der Waals surface area contributed by atoms with E-state index in [1.54, 1.807) is 0 Å². The maximum Gasteiger partial charge on any atom is 0.490 e. The van der Waals surface area contributed by atoms with Crippen LogP contribution in [-0.2, 0) is 25.6 Å². The molecule has 8 nitrogen and oxygen atoms in total. The minimum atomic E-state index is -5.08. The molecule has 1 unspecified atom stereocenters. The van der Waals surface area contributed by atoms with Crippen LogP contribution in [0.4, 0.5) is 26.3 Å². The van der Waals surface area contributed by atoms with Gasteiger partial charge in [0.05, 0.1) is 11.3 Å². The van der Waals surface area contributed by atoms with Crippen molar-refractivity contribution in [3.63, 3.8) is 0 Å². The van der Waals surface area contributed by atoms with Crippen LogP contribution in [0.1, 0.15) is 31.4 Å². The van der Waals surface area contributed by atoms with Gasteiger partial charge in [0.1, 0.15) is 0 Å². The fourth-order valence-corrected chi connectivity index (χ4v) is 3.85. The molecule has 1 aliphatic carbocycles. The molecule has 1 saturated carbocycles. The summed E-state index contributed by atoms with van der Waals surface area (Å²) in [7, 11) is 0. The van der Waals surface area contributed by atoms with Crippen molar-refractivity contribution in [2.24, 2.45) is 11.8 Å². The van der Waals surface area contributed by atoms with E-state index >= 15 is 0 Å². The van der Waals surface area contributed by atoms with Crippen LogP contribution in [-0.4, -0.2) is 82.9 Å². The van der Waals surface area contributed by atoms with Crippen LogP contribution < -0.4 is 0 Å². The van der Waals surface area contributed by atoms with E-state index in [0.717, 1.165) is 57.5 Å². The molecule has 0 radical (unpaired) electrons. The maximum absolute atomic E-state index is 10.6. The predicted octanol–water partition coefficient (Wildman–Crippen LogP) is 3.76. The Bertz CT molecular complexity index is 818. The number of rotatable bonds is 7. The monoisotopic (exact) mass is 530 g/mol. The highest BCUT2D eigenvalue weighted by Gasteiger charge is 2.52. The molecule has 2 N–H and O–H groups in total. The van der Waals surface area contributed by atoms with Crippen LogP contribution in [0.5, 0.6) is 0 Å². The van der Waals surface area contributed by atoms with Gasteiger partial charge >= 0.3 is 24.3 Å². The molecule has 2 aliphatic heterocycles. The number of aromatic nitrogens is 1. The van der Waals surface area contributed by atoms with Crippen molar-refractivity contribution in [1.82, 2.24) is 9.88 Å². The van der Waals surface area contributed by atoms with Gasteiger partial charge < -0.3 is 19.7 Å². The molecule has 1 aromatic heterocycles. The van der Waals surface area contributed by atoms with Gasteiger partial charge in [0, 0.05) is 45.7 Å². The van der Waals surface area contributed by atoms with E-state index in [1.165, 1.54) is 19.3 Å². The molecule has 3 heterocycles. The number of carboxylic acids is 2. The molecule has 0 aromatic carbocycles. The van der Waals surface area contributed by atoms with Crippen molar-refractivity contribution in [1.29, 1.82) is 0 Å². The Kier molecular flexibility index (Phi) is 10.5. The maximum atomic E-state index is 10.6. The van der Waals surface area contributed by atoms with E-state index in [-0.39, 0.29) is 5.60 Å². The summed E-state index contributed by atoms with van der Waals surface area (Å²) in [6, 6.07) is 6.13. The van der Waals surface area contributed by atoms with Crippen LogP contribution in [0.25, 0.3) is 0 Å². The SMILES string of the molecule is O=C(O)C(F)(F)F.O=C(O)C(F)(F)F.c1ccc(CN2CC3(C2)OCCC3CCOCC2CC2)nc1. The normalized spacial score (nSPS) is 21.0. The van der Waals surface area contributed by atoms with Crippen molar-refractivity contribution < 1.29 is 55.6 Å². The van der Waals surface area contributed by atoms with Gasteiger partial charge in [-0.1, -0.05) is 6.07 Å². The molecule has 36 heavy (non-hydrogen) atoms. The molecule has 3 aliphatic rings. The lowest BCUT2D eigenvalue weighted by molar-refractivity contribution is -0.193. The van der Waals surface area contributed by atoms with Gasteiger partial charge in [-0.3, -0.25) is 9.88 Å². The minimum Gasteiger partial charge on any atom is -0.475 e. The van der Waals surface area contributed by atoms with E-state index in [1.807, 2.05) is 12.3 Å². The molecule has 204 valence electrons. The number of ether oxygens (including phenoxy) is 2. The molecular weight excluding hydrogens is 502 g/mol. The summed E-state index contributed by atoms with van der Waals surface area (Å²) < 4.78 is 75.4. The molecule has 1 aromatic rings. The zero-order valence-electron chi connectivity index (χ0n) is 19.2. The van der Waals surface area contributed by atoms with Crippen LogP contribution >= 0.6 is 0 Å². The summed E-state index contributed by atoms with van der Waals surface area (Å²) in [5, 5.41) is 14.2. The van der Waals surface area contributed by atoms with Gasteiger partial charge in [0.2, 0.25) is 0 Å². The molecular formula is C22H28F6N2O6. The third kappa shape index (κ3) is 9.90. The van der Waals surface area contributed by atoms with E-state index in [0.29, 0.717) is 5.92 Å². The zero-order valence-corrected chi connectivity index (χ0v) is 19.2. The first-order valence-electron chi connectivity index (χ1n) is 11.2. The highest BCUT2D eigenvalue weighted by atomic mass is 19.4. The smallest absolute Gasteiger partial charge is 0.475 e. The lowest BCUT2D eigenvalue weighted by Crippen LogP contribution is -2.64. The van der Waals surface area contributed by atoms with Gasteiger partial charge in [-0.2, -0.15) is 26.3 Å². The highest BCUT2D eigenvalue weighted by molar-refractivity contribution is 5.73. The molecule has 2 saturated heterocycles. The molecule has 1 spiro atoms. The van der Waals surface area contributed by atoms with E-state index in [9.17, 15) is 26.3 Å². The third-order valence-electron chi connectivity index (χ3n) is 5.84. The number of carboxylic acid groups (broad SMARTS) is 2. The Morgan fingerprint density at radius 3 is 2.11 bits per heavy atom. The van der Waals surface area contributed by atoms with Gasteiger partial charge in [0.15, 0.2) is 0 Å². The first-order chi connectivity index (χ1) is 16.7. The second-order valence-electron chi connectivity index (χ2n) is 8.78. The Labute approximate surface area is 203 Å². The molecule has 1 atom stereocenters. The van der Waals surface area contributed by atoms with E-state index in [4.69, 9.17) is 29.3 Å². The Morgan fingerprint density at radius 1 is 1.06 bits per heavy atom. The van der Waals surface area contributed by atoms with Gasteiger partial charge in [-0.25, -0.2) is 9.59 Å². The Balaban J connectivity index is 0.000000271. The fourth-order valence-electron chi connectivity index (χ4n) is 3.85. The standard InChI is InChI=1S/C18H26N2O2.2C2HF3O2/c1-2-8-19-17(3-1)11-20-13-18(14-20)16(7-10-22-18)6-9-21-12-15-4-5-15;2*3-2(4,5)1(6)7/h1-3,8,15-16H,4-7,9-14H2;2*(H,6,7). The van der Waals surface area contributed by atoms with Crippen LogP contribution in [0.3, 0.4) is 0 Å². The number of carbonyl (C=O) groups is 2. The third-order valence-corrected chi connectivity index (χ3v) is 5.84. The number of hydrogen-bond acceptors (Lipinski definition) is 6. The number of likely N-dealkylation sites (tertiary alicyclic amines) is 1. The number of aliphatic carboxylic acids is 2. The van der Waals surface area contributed by atoms with Crippen molar-refractivity contribution in [2.45, 2.75) is 50.2 Å². The van der Waals surface area contributed by atoms with E-state index in [2.05, 4.69) is 22.0 Å². The topological polar surface area (TPSA) is 109 Å². The second kappa shape index (κ2) is 12.7. The lowest BCUT2D eigenvalue weighted by atomic mass is 9.79. The summed E-state index contributed by atoms with van der Waals surface area (Å²) in [4.78, 5) is 24.7. The van der Waals surface area contributed by atoms with E-state index < -0.39 is 24.3 Å². The second-order valence-corrected chi connectivity index (χ2v) is 8.78. The van der Waals surface area contributed by atoms with Crippen LogP contribution in [0.15, 0.2) is 24.4 Å². The van der Waals surface area contributed by atoms with Gasteiger partial charge in [-0.05, 0) is 49.7 Å². The first-order valence-corrected chi connectivity index (χ1v) is 11.2. The fraction of sp³-hybridized carbons (Fsp3) is 0.682. The zero-order chi connectivity index (χ0) is 27.0. The van der Waals surface area contributed by atoms with Crippen molar-refractivity contribution in [3.8, 4) is 0 Å². The molecule has 3 fully saturated rings. The Hall–Kier alpha value is -2.45. The largest absolute Gasteiger partial charge is 0.490 e. The van der Waals surface area contributed by atoms with Crippen LogP contribution in [0.2, 0.25) is 0 Å². The lowest BCUT2D eigenvalue weighted by Gasteiger charge is -2.50. The number of pyridine rings is 1. The molecule has 14 heteroatoms. The number of nitrogens with zero attached hydrogens (tertiary/aromatic N) is 2. The van der Waals surface area contributed by atoms with Crippen LogP contribution in [0, 0.1) is 11.8 Å². The number of alkyl halides is 6. The first kappa shape index (κ1) is 29.8. The highest BCUT2D eigenvalue weighted by Crippen LogP contribution is 2.42. The molecule has 4 rings (SSSR count). The summed E-state index contributed by atoms with van der Waals surface area (Å²) in [5.41, 5.74) is 1.26. The predicted molar refractivity (Wildman–Crippen MR) is 112 cm³/mol. The van der Waals surface area contributed by atoms with Gasteiger partial charge in [0.25, 0.3) is 0 Å². The van der Waals surface area contributed by atoms with Crippen molar-refractivity contribution >= 4 is 11.9 Å². The molecule has 0 bridgehead atoms.